The second kappa shape index (κ2) is 9.55. The highest BCUT2D eigenvalue weighted by molar-refractivity contribution is 7.99. The van der Waals surface area contributed by atoms with Crippen molar-refractivity contribution in [2.75, 3.05) is 0 Å². The summed E-state index contributed by atoms with van der Waals surface area (Å²) in [7, 11) is 0. The molecule has 4 heteroatoms. The van der Waals surface area contributed by atoms with Crippen LogP contribution in [0.3, 0.4) is 0 Å². The molecule has 0 spiro atoms. The average molecular weight is 455 g/mol. The molecule has 166 valence electrons. The van der Waals surface area contributed by atoms with E-state index in [0.29, 0.717) is 22.6 Å². The predicted molar refractivity (Wildman–Crippen MR) is 134 cm³/mol. The Hall–Kier alpha value is -3.50. The number of carbonyl (C=O) groups is 1. The lowest BCUT2D eigenvalue weighted by Crippen LogP contribution is -2.10. The fourth-order valence-electron chi connectivity index (χ4n) is 3.32. The predicted octanol–water partition coefficient (Wildman–Crippen LogP) is 7.86. The van der Waals surface area contributed by atoms with Crippen LogP contribution in [-0.4, -0.2) is 10.9 Å². The third-order valence-corrected chi connectivity index (χ3v) is 6.28. The van der Waals surface area contributed by atoms with Gasteiger partial charge in [-0.1, -0.05) is 44.7 Å². The van der Waals surface area contributed by atoms with Crippen molar-refractivity contribution in [2.45, 2.75) is 36.0 Å². The standard InChI is InChI=1S/C29H26O3S/c1-29(2,3)22-8-18-27(19-9-22)33-26-16-6-21(7-17-26)28(31)20-4-12-24(13-5-20)32-25-14-10-23(30)11-15-25/h4-19,30H,1-3H3. The van der Waals surface area contributed by atoms with E-state index in [4.69, 9.17) is 4.74 Å². The molecule has 0 amide bonds. The summed E-state index contributed by atoms with van der Waals surface area (Å²) in [5.74, 6) is 1.40. The zero-order chi connectivity index (χ0) is 23.4. The van der Waals surface area contributed by atoms with Crippen LogP contribution >= 0.6 is 11.8 Å². The van der Waals surface area contributed by atoms with Crippen LogP contribution in [0, 0.1) is 0 Å². The average Bonchev–Trinajstić information content (AvgIpc) is 2.81. The molecule has 4 rings (SSSR count). The van der Waals surface area contributed by atoms with Crippen molar-refractivity contribution >= 4 is 17.5 Å². The number of carbonyl (C=O) groups excluding carboxylic acids is 1. The molecule has 0 atom stereocenters. The van der Waals surface area contributed by atoms with Gasteiger partial charge in [0, 0.05) is 20.9 Å². The second-order valence-corrected chi connectivity index (χ2v) is 10.00. The highest BCUT2D eigenvalue weighted by Crippen LogP contribution is 2.31. The molecule has 0 saturated carbocycles. The molecule has 33 heavy (non-hydrogen) atoms. The fraction of sp³-hybridized carbons (Fsp3) is 0.138. The van der Waals surface area contributed by atoms with Gasteiger partial charge in [0.1, 0.15) is 17.2 Å². The van der Waals surface area contributed by atoms with Gasteiger partial charge in [0.25, 0.3) is 0 Å². The van der Waals surface area contributed by atoms with Gasteiger partial charge in [-0.2, -0.15) is 0 Å². The van der Waals surface area contributed by atoms with Crippen LogP contribution in [0.2, 0.25) is 0 Å². The molecule has 0 aromatic heterocycles. The van der Waals surface area contributed by atoms with Gasteiger partial charge in [0.15, 0.2) is 5.78 Å². The minimum atomic E-state index is -0.0303. The largest absolute Gasteiger partial charge is 0.508 e. The lowest BCUT2D eigenvalue weighted by Gasteiger charge is -2.19. The smallest absolute Gasteiger partial charge is 0.193 e. The SMILES string of the molecule is CC(C)(C)c1ccc(Sc2ccc(C(=O)c3ccc(Oc4ccc(O)cc4)cc3)cc2)cc1. The number of phenolic OH excluding ortho intramolecular Hbond substituents is 1. The van der Waals surface area contributed by atoms with E-state index < -0.39 is 0 Å². The van der Waals surface area contributed by atoms with Crippen LogP contribution in [0.1, 0.15) is 42.3 Å². The summed E-state index contributed by atoms with van der Waals surface area (Å²) in [6.45, 7) is 6.63. The Bertz CT molecular complexity index is 1220. The van der Waals surface area contributed by atoms with Crippen molar-refractivity contribution in [2.24, 2.45) is 0 Å². The van der Waals surface area contributed by atoms with Gasteiger partial charge in [-0.3, -0.25) is 4.79 Å². The summed E-state index contributed by atoms with van der Waals surface area (Å²) >= 11 is 1.68. The first-order valence-electron chi connectivity index (χ1n) is 10.8. The monoisotopic (exact) mass is 454 g/mol. The Morgan fingerprint density at radius 2 is 1.09 bits per heavy atom. The van der Waals surface area contributed by atoms with E-state index in [1.165, 1.54) is 10.5 Å². The third kappa shape index (κ3) is 5.85. The minimum absolute atomic E-state index is 0.0303. The summed E-state index contributed by atoms with van der Waals surface area (Å²) in [5.41, 5.74) is 2.70. The van der Waals surface area contributed by atoms with Crippen molar-refractivity contribution in [3.05, 3.63) is 114 Å². The van der Waals surface area contributed by atoms with Gasteiger partial charge < -0.3 is 9.84 Å². The first kappa shape index (κ1) is 22.7. The van der Waals surface area contributed by atoms with Gasteiger partial charge in [0.2, 0.25) is 0 Å². The van der Waals surface area contributed by atoms with E-state index in [9.17, 15) is 9.90 Å². The molecule has 3 nitrogen and oxygen atoms in total. The third-order valence-electron chi connectivity index (χ3n) is 5.26. The van der Waals surface area contributed by atoms with Gasteiger partial charge in [-0.05, 0) is 95.9 Å². The highest BCUT2D eigenvalue weighted by atomic mass is 32.2. The molecule has 0 fully saturated rings. The Balaban J connectivity index is 1.40. The van der Waals surface area contributed by atoms with Crippen molar-refractivity contribution < 1.29 is 14.6 Å². The number of hydrogen-bond donors (Lipinski definition) is 1. The molecule has 0 saturated heterocycles. The summed E-state index contributed by atoms with van der Waals surface area (Å²) in [6.07, 6.45) is 0. The first-order valence-corrected chi connectivity index (χ1v) is 11.6. The number of hydrogen-bond acceptors (Lipinski definition) is 4. The van der Waals surface area contributed by atoms with Crippen molar-refractivity contribution in [1.82, 2.24) is 0 Å². The number of aromatic hydroxyl groups is 1. The van der Waals surface area contributed by atoms with E-state index in [0.717, 1.165) is 4.90 Å². The van der Waals surface area contributed by atoms with Crippen LogP contribution in [0.15, 0.2) is 107 Å². The maximum atomic E-state index is 12.9. The molecular formula is C29H26O3S. The second-order valence-electron chi connectivity index (χ2n) is 8.85. The van der Waals surface area contributed by atoms with Crippen LogP contribution in [0.4, 0.5) is 0 Å². The fourth-order valence-corrected chi connectivity index (χ4v) is 4.14. The zero-order valence-electron chi connectivity index (χ0n) is 18.9. The van der Waals surface area contributed by atoms with Gasteiger partial charge in [-0.15, -0.1) is 0 Å². The van der Waals surface area contributed by atoms with Crippen LogP contribution in [-0.2, 0) is 5.41 Å². The van der Waals surface area contributed by atoms with Crippen molar-refractivity contribution in [1.29, 1.82) is 0 Å². The van der Waals surface area contributed by atoms with Crippen molar-refractivity contribution in [3.63, 3.8) is 0 Å². The summed E-state index contributed by atoms with van der Waals surface area (Å²) in [5, 5.41) is 9.36. The lowest BCUT2D eigenvalue weighted by molar-refractivity contribution is 0.103. The number of phenols is 1. The molecule has 0 unspecified atom stereocenters. The Kier molecular flexibility index (Phi) is 6.57. The first-order chi connectivity index (χ1) is 15.8. The maximum absolute atomic E-state index is 12.9. The van der Waals surface area contributed by atoms with Gasteiger partial charge in [-0.25, -0.2) is 0 Å². The van der Waals surface area contributed by atoms with E-state index in [1.807, 2.05) is 24.3 Å². The molecule has 0 aliphatic rings. The molecule has 4 aromatic carbocycles. The van der Waals surface area contributed by atoms with Crippen LogP contribution in [0.5, 0.6) is 17.2 Å². The number of ether oxygens (including phenoxy) is 1. The molecule has 4 aromatic rings. The number of ketones is 1. The quantitative estimate of drug-likeness (QED) is 0.301. The Morgan fingerprint density at radius 3 is 1.58 bits per heavy atom. The van der Waals surface area contributed by atoms with E-state index in [2.05, 4.69) is 45.0 Å². The normalized spacial score (nSPS) is 11.2. The lowest BCUT2D eigenvalue weighted by atomic mass is 9.87. The molecule has 0 aliphatic carbocycles. The molecule has 1 N–H and O–H groups in total. The number of benzene rings is 4. The number of rotatable bonds is 6. The highest BCUT2D eigenvalue weighted by Gasteiger charge is 2.13. The summed E-state index contributed by atoms with van der Waals surface area (Å²) in [6, 6.07) is 29.9. The molecule has 0 aliphatic heterocycles. The topological polar surface area (TPSA) is 46.5 Å². The van der Waals surface area contributed by atoms with Gasteiger partial charge in [0.05, 0.1) is 0 Å². The van der Waals surface area contributed by atoms with Crippen LogP contribution < -0.4 is 4.74 Å². The molecule has 0 bridgehead atoms. The Labute approximate surface area is 199 Å². The molecule has 0 heterocycles. The summed E-state index contributed by atoms with van der Waals surface area (Å²) in [4.78, 5) is 15.1. The molecular weight excluding hydrogens is 428 g/mol. The van der Waals surface area contributed by atoms with E-state index in [1.54, 1.807) is 60.3 Å². The summed E-state index contributed by atoms with van der Waals surface area (Å²) < 4.78 is 5.75. The zero-order valence-corrected chi connectivity index (χ0v) is 19.7. The van der Waals surface area contributed by atoms with Crippen LogP contribution in [0.25, 0.3) is 0 Å². The van der Waals surface area contributed by atoms with E-state index in [-0.39, 0.29) is 16.9 Å². The van der Waals surface area contributed by atoms with E-state index >= 15 is 0 Å². The minimum Gasteiger partial charge on any atom is -0.508 e. The van der Waals surface area contributed by atoms with Crippen molar-refractivity contribution in [3.8, 4) is 17.2 Å². The van der Waals surface area contributed by atoms with Gasteiger partial charge >= 0.3 is 0 Å². The maximum Gasteiger partial charge on any atom is 0.193 e. The Morgan fingerprint density at radius 1 is 0.667 bits per heavy atom. The molecule has 0 radical (unpaired) electrons.